The van der Waals surface area contributed by atoms with Crippen molar-refractivity contribution in [3.63, 3.8) is 0 Å². The van der Waals surface area contributed by atoms with E-state index in [1.165, 1.54) is 19.3 Å². The molecule has 4 heteroatoms. The zero-order valence-corrected chi connectivity index (χ0v) is 14.1. The molecular formula is C16H36N2O2. The van der Waals surface area contributed by atoms with E-state index in [4.69, 9.17) is 9.47 Å². The summed E-state index contributed by atoms with van der Waals surface area (Å²) in [4.78, 5) is 2.46. The maximum absolute atomic E-state index is 5.45. The number of nitrogens with one attached hydrogen (secondary N) is 1. The van der Waals surface area contributed by atoms with Crippen molar-refractivity contribution < 1.29 is 9.47 Å². The first kappa shape index (κ1) is 19.8. The average molecular weight is 288 g/mol. The Morgan fingerprint density at radius 2 is 1.45 bits per heavy atom. The maximum Gasteiger partial charge on any atom is 0.0593 e. The fraction of sp³-hybridized carbons (Fsp3) is 1.00. The van der Waals surface area contributed by atoms with Gasteiger partial charge in [-0.1, -0.05) is 20.3 Å². The minimum Gasteiger partial charge on any atom is -0.380 e. The van der Waals surface area contributed by atoms with Crippen LogP contribution in [0.5, 0.6) is 0 Å². The van der Waals surface area contributed by atoms with Crippen molar-refractivity contribution in [2.24, 2.45) is 0 Å². The number of hydrogen-bond acceptors (Lipinski definition) is 4. The van der Waals surface area contributed by atoms with Gasteiger partial charge in [-0.15, -0.1) is 0 Å². The second-order valence-corrected chi connectivity index (χ2v) is 5.40. The van der Waals surface area contributed by atoms with Gasteiger partial charge in [-0.05, 0) is 39.8 Å². The quantitative estimate of drug-likeness (QED) is 0.470. The highest BCUT2D eigenvalue weighted by atomic mass is 16.5. The molecule has 0 aliphatic carbocycles. The van der Waals surface area contributed by atoms with Crippen LogP contribution in [-0.4, -0.2) is 63.5 Å². The van der Waals surface area contributed by atoms with Crippen molar-refractivity contribution in [3.8, 4) is 0 Å². The van der Waals surface area contributed by atoms with Crippen LogP contribution in [0, 0.1) is 0 Å². The van der Waals surface area contributed by atoms with Gasteiger partial charge in [0.2, 0.25) is 0 Å². The van der Waals surface area contributed by atoms with E-state index < -0.39 is 0 Å². The van der Waals surface area contributed by atoms with E-state index in [0.717, 1.165) is 52.6 Å². The number of rotatable bonds is 15. The highest BCUT2D eigenvalue weighted by Crippen LogP contribution is 1.99. The molecule has 0 fully saturated rings. The number of ether oxygens (including phenoxy) is 2. The van der Waals surface area contributed by atoms with E-state index in [9.17, 15) is 0 Å². The number of unbranched alkanes of at least 4 members (excludes halogenated alkanes) is 2. The Balaban J connectivity index is 3.61. The summed E-state index contributed by atoms with van der Waals surface area (Å²) in [5.41, 5.74) is 0. The summed E-state index contributed by atoms with van der Waals surface area (Å²) in [5, 5.41) is 3.46. The Bertz CT molecular complexity index is 179. The predicted molar refractivity (Wildman–Crippen MR) is 86.4 cm³/mol. The molecule has 0 aliphatic rings. The molecule has 0 heterocycles. The minimum atomic E-state index is 0.601. The van der Waals surface area contributed by atoms with Crippen LogP contribution in [0.2, 0.25) is 0 Å². The third-order valence-corrected chi connectivity index (χ3v) is 3.22. The normalized spacial score (nSPS) is 11.7. The second kappa shape index (κ2) is 15.2. The van der Waals surface area contributed by atoms with Gasteiger partial charge < -0.3 is 14.8 Å². The molecule has 0 amide bonds. The summed E-state index contributed by atoms with van der Waals surface area (Å²) in [6.07, 6.45) is 3.82. The van der Waals surface area contributed by atoms with Crippen LogP contribution >= 0.6 is 0 Å². The molecule has 0 aromatic heterocycles. The Morgan fingerprint density at radius 3 is 1.95 bits per heavy atom. The lowest BCUT2D eigenvalue weighted by atomic mass is 10.2. The monoisotopic (exact) mass is 288 g/mol. The van der Waals surface area contributed by atoms with Crippen LogP contribution in [0.25, 0.3) is 0 Å². The van der Waals surface area contributed by atoms with Crippen molar-refractivity contribution in [2.75, 3.05) is 52.6 Å². The highest BCUT2D eigenvalue weighted by molar-refractivity contribution is 4.59. The SMILES string of the molecule is CCOCCN(CCCCCNC(C)C)CCOCC. The molecule has 0 bridgehead atoms. The predicted octanol–water partition coefficient (Wildman–Crippen LogP) is 2.53. The summed E-state index contributed by atoms with van der Waals surface area (Å²) in [6.45, 7) is 16.1. The van der Waals surface area contributed by atoms with Gasteiger partial charge in [0, 0.05) is 32.3 Å². The molecule has 0 rings (SSSR count). The maximum atomic E-state index is 5.45. The first-order valence-corrected chi connectivity index (χ1v) is 8.31. The van der Waals surface area contributed by atoms with Gasteiger partial charge in [0.1, 0.15) is 0 Å². The molecular weight excluding hydrogens is 252 g/mol. The van der Waals surface area contributed by atoms with E-state index in [-0.39, 0.29) is 0 Å². The third kappa shape index (κ3) is 14.3. The standard InChI is InChI=1S/C16H36N2O2/c1-5-19-14-12-18(13-15-20-6-2)11-9-7-8-10-17-16(3)4/h16-17H,5-15H2,1-4H3. The van der Waals surface area contributed by atoms with Gasteiger partial charge in [0.15, 0.2) is 0 Å². The average Bonchev–Trinajstić information content (AvgIpc) is 2.42. The van der Waals surface area contributed by atoms with Crippen molar-refractivity contribution >= 4 is 0 Å². The van der Waals surface area contributed by atoms with Gasteiger partial charge >= 0.3 is 0 Å². The van der Waals surface area contributed by atoms with Crippen LogP contribution in [0.4, 0.5) is 0 Å². The molecule has 0 unspecified atom stereocenters. The Kier molecular flexibility index (Phi) is 15.1. The van der Waals surface area contributed by atoms with Crippen molar-refractivity contribution in [2.45, 2.75) is 53.0 Å². The summed E-state index contributed by atoms with van der Waals surface area (Å²) in [6, 6.07) is 0.601. The lowest BCUT2D eigenvalue weighted by molar-refractivity contribution is 0.0820. The largest absolute Gasteiger partial charge is 0.380 e. The fourth-order valence-corrected chi connectivity index (χ4v) is 2.04. The first-order chi connectivity index (χ1) is 9.70. The molecule has 0 aromatic carbocycles. The number of nitrogens with zero attached hydrogens (tertiary/aromatic N) is 1. The molecule has 0 aromatic rings. The summed E-state index contributed by atoms with van der Waals surface area (Å²) in [5.74, 6) is 0. The zero-order chi connectivity index (χ0) is 15.1. The van der Waals surface area contributed by atoms with E-state index in [2.05, 4.69) is 24.1 Å². The lowest BCUT2D eigenvalue weighted by Crippen LogP contribution is -2.32. The van der Waals surface area contributed by atoms with Crippen LogP contribution in [-0.2, 0) is 9.47 Å². The van der Waals surface area contributed by atoms with E-state index in [1.807, 2.05) is 13.8 Å². The van der Waals surface area contributed by atoms with Gasteiger partial charge in [-0.2, -0.15) is 0 Å². The van der Waals surface area contributed by atoms with Crippen molar-refractivity contribution in [1.82, 2.24) is 10.2 Å². The summed E-state index contributed by atoms with van der Waals surface area (Å²) in [7, 11) is 0. The molecule has 1 N–H and O–H groups in total. The molecule has 0 saturated carbocycles. The van der Waals surface area contributed by atoms with Crippen LogP contribution in [0.15, 0.2) is 0 Å². The molecule has 0 spiro atoms. The third-order valence-electron chi connectivity index (χ3n) is 3.22. The van der Waals surface area contributed by atoms with E-state index in [1.54, 1.807) is 0 Å². The summed E-state index contributed by atoms with van der Waals surface area (Å²) >= 11 is 0. The highest BCUT2D eigenvalue weighted by Gasteiger charge is 2.04. The summed E-state index contributed by atoms with van der Waals surface area (Å²) < 4.78 is 10.9. The molecule has 0 atom stereocenters. The second-order valence-electron chi connectivity index (χ2n) is 5.40. The molecule has 0 aliphatic heterocycles. The molecule has 4 nitrogen and oxygen atoms in total. The smallest absolute Gasteiger partial charge is 0.0593 e. The van der Waals surface area contributed by atoms with Crippen LogP contribution < -0.4 is 5.32 Å². The topological polar surface area (TPSA) is 33.7 Å². The Labute approximate surface area is 126 Å². The Morgan fingerprint density at radius 1 is 0.850 bits per heavy atom. The van der Waals surface area contributed by atoms with Gasteiger partial charge in [0.05, 0.1) is 13.2 Å². The lowest BCUT2D eigenvalue weighted by Gasteiger charge is -2.22. The molecule has 0 radical (unpaired) electrons. The first-order valence-electron chi connectivity index (χ1n) is 8.31. The zero-order valence-electron chi connectivity index (χ0n) is 14.1. The molecule has 20 heavy (non-hydrogen) atoms. The fourth-order valence-electron chi connectivity index (χ4n) is 2.04. The number of hydrogen-bond donors (Lipinski definition) is 1. The van der Waals surface area contributed by atoms with Crippen LogP contribution in [0.3, 0.4) is 0 Å². The van der Waals surface area contributed by atoms with Gasteiger partial charge in [0.25, 0.3) is 0 Å². The van der Waals surface area contributed by atoms with Crippen molar-refractivity contribution in [1.29, 1.82) is 0 Å². The van der Waals surface area contributed by atoms with Crippen molar-refractivity contribution in [3.05, 3.63) is 0 Å². The molecule has 122 valence electrons. The van der Waals surface area contributed by atoms with E-state index >= 15 is 0 Å². The van der Waals surface area contributed by atoms with E-state index in [0.29, 0.717) is 6.04 Å². The van der Waals surface area contributed by atoms with Gasteiger partial charge in [-0.3, -0.25) is 4.90 Å². The minimum absolute atomic E-state index is 0.601. The van der Waals surface area contributed by atoms with Crippen LogP contribution in [0.1, 0.15) is 47.0 Å². The Hall–Kier alpha value is -0.160. The molecule has 0 saturated heterocycles. The van der Waals surface area contributed by atoms with Gasteiger partial charge in [-0.25, -0.2) is 0 Å².